The van der Waals surface area contributed by atoms with Gasteiger partial charge in [-0.05, 0) is 72.1 Å². The third kappa shape index (κ3) is 6.89. The summed E-state index contributed by atoms with van der Waals surface area (Å²) >= 11 is 0. The Labute approximate surface area is 225 Å². The average Bonchev–Trinajstić information content (AvgIpc) is 2.94. The van der Waals surface area contributed by atoms with E-state index in [2.05, 4.69) is 13.0 Å². The maximum absolute atomic E-state index is 15.2. The second kappa shape index (κ2) is 13.7. The van der Waals surface area contributed by atoms with Crippen molar-refractivity contribution in [3.8, 4) is 28.0 Å². The van der Waals surface area contributed by atoms with Crippen LogP contribution in [0.2, 0.25) is 0 Å². The van der Waals surface area contributed by atoms with Gasteiger partial charge in [0.25, 0.3) is 0 Å². The lowest BCUT2D eigenvalue weighted by molar-refractivity contribution is 0.295. The van der Waals surface area contributed by atoms with E-state index in [0.717, 1.165) is 41.9 Å². The van der Waals surface area contributed by atoms with Gasteiger partial charge >= 0.3 is 0 Å². The van der Waals surface area contributed by atoms with Crippen LogP contribution in [0.4, 0.5) is 13.2 Å². The van der Waals surface area contributed by atoms with E-state index in [1.165, 1.54) is 50.7 Å². The molecule has 0 aliphatic heterocycles. The lowest BCUT2D eigenvalue weighted by Crippen LogP contribution is -2.06. The van der Waals surface area contributed by atoms with E-state index in [9.17, 15) is 8.78 Å². The number of allylic oxidation sites excluding steroid dienone is 2. The highest BCUT2D eigenvalue weighted by Crippen LogP contribution is 2.36. The third-order valence-electron chi connectivity index (χ3n) is 7.59. The summed E-state index contributed by atoms with van der Waals surface area (Å²) < 4.78 is 49.6. The molecular formula is C34H39F3O. The van der Waals surface area contributed by atoms with E-state index in [1.807, 2.05) is 31.2 Å². The van der Waals surface area contributed by atoms with Crippen molar-refractivity contribution in [2.75, 3.05) is 6.61 Å². The smallest absolute Gasteiger partial charge is 0.201 e. The molecule has 0 radical (unpaired) electrons. The summed E-state index contributed by atoms with van der Waals surface area (Å²) in [5.41, 5.74) is 4.10. The van der Waals surface area contributed by atoms with Crippen molar-refractivity contribution in [2.24, 2.45) is 5.92 Å². The van der Waals surface area contributed by atoms with Crippen LogP contribution < -0.4 is 4.74 Å². The Morgan fingerprint density at radius 3 is 2.13 bits per heavy atom. The van der Waals surface area contributed by atoms with Crippen LogP contribution in [0, 0.1) is 23.4 Å². The Kier molecular flexibility index (Phi) is 10.1. The summed E-state index contributed by atoms with van der Waals surface area (Å²) in [6.07, 6.45) is 13.9. The fourth-order valence-electron chi connectivity index (χ4n) is 5.31. The minimum atomic E-state index is -0.979. The normalized spacial score (nSPS) is 15.4. The Bertz CT molecular complexity index is 1230. The maximum atomic E-state index is 15.2. The fraction of sp³-hybridized carbons (Fsp3) is 0.412. The van der Waals surface area contributed by atoms with Crippen LogP contribution in [0.3, 0.4) is 0 Å². The molecule has 202 valence electrons. The predicted octanol–water partition coefficient (Wildman–Crippen LogP) is 10.8. The van der Waals surface area contributed by atoms with Crippen LogP contribution in [-0.4, -0.2) is 6.61 Å². The van der Waals surface area contributed by atoms with E-state index in [-0.39, 0.29) is 17.1 Å². The maximum Gasteiger partial charge on any atom is 0.201 e. The molecule has 1 aliphatic rings. The molecule has 4 heteroatoms. The highest BCUT2D eigenvalue weighted by Gasteiger charge is 2.19. The van der Waals surface area contributed by atoms with Crippen LogP contribution in [0.15, 0.2) is 60.7 Å². The summed E-state index contributed by atoms with van der Waals surface area (Å²) in [4.78, 5) is 0. The van der Waals surface area contributed by atoms with Gasteiger partial charge in [-0.15, -0.1) is 0 Å². The molecule has 0 aromatic heterocycles. The zero-order valence-corrected chi connectivity index (χ0v) is 22.7. The number of halogens is 3. The molecule has 0 amide bonds. The van der Waals surface area contributed by atoms with Gasteiger partial charge in [0.15, 0.2) is 11.6 Å². The van der Waals surface area contributed by atoms with Crippen LogP contribution in [-0.2, 0) is 0 Å². The molecule has 0 fully saturated rings. The lowest BCUT2D eigenvalue weighted by Gasteiger charge is -2.22. The number of rotatable bonds is 12. The highest BCUT2D eigenvalue weighted by molar-refractivity contribution is 5.74. The van der Waals surface area contributed by atoms with Crippen LogP contribution in [0.25, 0.3) is 27.8 Å². The quantitative estimate of drug-likeness (QED) is 0.216. The standard InChI is InChI=1S/C34H39F3O/c1-3-5-6-7-8-9-24-10-12-26(13-11-24)29-19-18-28(23-31(29)35)25-14-16-27(17-15-25)30-20-21-32(38-22-4-2)34(37)33(30)36/h12,14-21,23-24H,3-11,13,22H2,1-2H3. The van der Waals surface area contributed by atoms with Crippen LogP contribution >= 0.6 is 0 Å². The van der Waals surface area contributed by atoms with Gasteiger partial charge in [-0.3, -0.25) is 0 Å². The molecular weight excluding hydrogens is 481 g/mol. The molecule has 0 N–H and O–H groups in total. The van der Waals surface area contributed by atoms with Gasteiger partial charge in [0.05, 0.1) is 6.61 Å². The van der Waals surface area contributed by atoms with Gasteiger partial charge in [-0.25, -0.2) is 8.78 Å². The Morgan fingerprint density at radius 1 is 0.737 bits per heavy atom. The van der Waals surface area contributed by atoms with Gasteiger partial charge in [-0.1, -0.05) is 94.8 Å². The minimum Gasteiger partial charge on any atom is -0.490 e. The first kappa shape index (κ1) is 28.0. The molecule has 1 unspecified atom stereocenters. The van der Waals surface area contributed by atoms with Gasteiger partial charge in [-0.2, -0.15) is 4.39 Å². The zero-order chi connectivity index (χ0) is 26.9. The highest BCUT2D eigenvalue weighted by atomic mass is 19.2. The predicted molar refractivity (Wildman–Crippen MR) is 152 cm³/mol. The summed E-state index contributed by atoms with van der Waals surface area (Å²) in [5.74, 6) is -1.48. The van der Waals surface area contributed by atoms with Crippen molar-refractivity contribution in [1.29, 1.82) is 0 Å². The average molecular weight is 521 g/mol. The number of ether oxygens (including phenoxy) is 1. The SMILES string of the molecule is CCCCCCCC1CC=C(c2ccc(-c3ccc(-c4ccc(OCCC)c(F)c4F)cc3)cc2F)CC1. The minimum absolute atomic E-state index is 0.0775. The van der Waals surface area contributed by atoms with Gasteiger partial charge in [0.2, 0.25) is 5.82 Å². The number of hydrogen-bond donors (Lipinski definition) is 0. The molecule has 3 aromatic carbocycles. The molecule has 0 saturated carbocycles. The molecule has 0 spiro atoms. The van der Waals surface area contributed by atoms with E-state index < -0.39 is 11.6 Å². The summed E-state index contributed by atoms with van der Waals surface area (Å²) in [5, 5.41) is 0. The fourth-order valence-corrected chi connectivity index (χ4v) is 5.31. The van der Waals surface area contributed by atoms with Gasteiger partial charge in [0.1, 0.15) is 5.82 Å². The lowest BCUT2D eigenvalue weighted by atomic mass is 9.83. The molecule has 0 saturated heterocycles. The van der Waals surface area contributed by atoms with Gasteiger partial charge in [0, 0.05) is 11.1 Å². The first-order valence-electron chi connectivity index (χ1n) is 14.2. The van der Waals surface area contributed by atoms with E-state index >= 15 is 4.39 Å². The van der Waals surface area contributed by atoms with Crippen molar-refractivity contribution in [2.45, 2.75) is 78.1 Å². The third-order valence-corrected chi connectivity index (χ3v) is 7.59. The second-order valence-corrected chi connectivity index (χ2v) is 10.4. The molecule has 1 atom stereocenters. The van der Waals surface area contributed by atoms with Crippen molar-refractivity contribution >= 4 is 5.57 Å². The summed E-state index contributed by atoms with van der Waals surface area (Å²) in [6, 6.07) is 15.5. The zero-order valence-electron chi connectivity index (χ0n) is 22.7. The Morgan fingerprint density at radius 2 is 1.45 bits per heavy atom. The second-order valence-electron chi connectivity index (χ2n) is 10.4. The van der Waals surface area contributed by atoms with Crippen molar-refractivity contribution in [3.05, 3.63) is 83.7 Å². The molecule has 1 nitrogen and oxygen atoms in total. The molecule has 3 aromatic rings. The first-order chi connectivity index (χ1) is 18.5. The number of hydrogen-bond acceptors (Lipinski definition) is 1. The largest absolute Gasteiger partial charge is 0.490 e. The van der Waals surface area contributed by atoms with Crippen molar-refractivity contribution in [1.82, 2.24) is 0 Å². The monoisotopic (exact) mass is 520 g/mol. The van der Waals surface area contributed by atoms with Crippen molar-refractivity contribution < 1.29 is 17.9 Å². The summed E-state index contributed by atoms with van der Waals surface area (Å²) in [7, 11) is 0. The molecule has 1 aliphatic carbocycles. The number of unbranched alkanes of at least 4 members (excludes halogenated alkanes) is 4. The van der Waals surface area contributed by atoms with Gasteiger partial charge < -0.3 is 4.74 Å². The molecule has 0 bridgehead atoms. The van der Waals surface area contributed by atoms with Crippen LogP contribution in [0.1, 0.15) is 83.6 Å². The van der Waals surface area contributed by atoms with Crippen LogP contribution in [0.5, 0.6) is 5.75 Å². The van der Waals surface area contributed by atoms with Crippen molar-refractivity contribution in [3.63, 3.8) is 0 Å². The molecule has 38 heavy (non-hydrogen) atoms. The Hall–Kier alpha value is -3.01. The Balaban J connectivity index is 1.41. The van der Waals surface area contributed by atoms with E-state index in [1.54, 1.807) is 18.2 Å². The topological polar surface area (TPSA) is 9.23 Å². The van der Waals surface area contributed by atoms with E-state index in [4.69, 9.17) is 4.74 Å². The first-order valence-corrected chi connectivity index (χ1v) is 14.2. The van der Waals surface area contributed by atoms with E-state index in [0.29, 0.717) is 24.2 Å². The summed E-state index contributed by atoms with van der Waals surface area (Å²) in [6.45, 7) is 4.48. The molecule has 4 rings (SSSR count). The number of benzene rings is 3. The molecule has 0 heterocycles.